The molecule has 1 atom stereocenters. The molecule has 2 N–H and O–H groups in total. The molecule has 0 spiro atoms. The molecule has 1 amide bonds. The number of carbonyl (C=O) groups excluding carboxylic acids is 1. The van der Waals surface area contributed by atoms with Crippen LogP contribution in [0.2, 0.25) is 0 Å². The molecule has 0 radical (unpaired) electrons. The molecule has 222 valence electrons. The first-order valence-electron chi connectivity index (χ1n) is 13.7. The zero-order chi connectivity index (χ0) is 29.5. The van der Waals surface area contributed by atoms with Crippen LogP contribution < -0.4 is 14.6 Å². The molecule has 1 unspecified atom stereocenters. The van der Waals surface area contributed by atoms with Crippen LogP contribution in [0.3, 0.4) is 0 Å². The van der Waals surface area contributed by atoms with Crippen molar-refractivity contribution in [1.82, 2.24) is 4.90 Å². The Morgan fingerprint density at radius 3 is 2.68 bits per heavy atom. The van der Waals surface area contributed by atoms with Gasteiger partial charge in [-0.2, -0.15) is 0 Å². The maximum Gasteiger partial charge on any atom is 0.410 e. The van der Waals surface area contributed by atoms with E-state index in [1.54, 1.807) is 11.0 Å². The number of unbranched alkanes of at least 4 members (excludes halogenated alkanes) is 3. The average Bonchev–Trinajstić information content (AvgIpc) is 3.30. The van der Waals surface area contributed by atoms with Crippen LogP contribution in [-0.4, -0.2) is 58.6 Å². The minimum absolute atomic E-state index is 0.0887. The topological polar surface area (TPSA) is 127 Å². The molecule has 1 saturated heterocycles. The number of carbonyl (C=O) groups is 1. The lowest BCUT2D eigenvalue weighted by Crippen LogP contribution is -2.35. The SMILES string of the molecule is COc1ccc(C#CCCOCCCCCCN2CC(c3ccc4c(c3)COC(C)(C)O4)OC2=O)cc1S(N)(=O)=O. The fourth-order valence-electron chi connectivity index (χ4n) is 4.65. The van der Waals surface area contributed by atoms with Gasteiger partial charge >= 0.3 is 6.09 Å². The number of nitrogens with zero attached hydrogens (tertiary/aromatic N) is 1. The number of amides is 1. The van der Waals surface area contributed by atoms with Crippen LogP contribution in [0.25, 0.3) is 0 Å². The lowest BCUT2D eigenvalue weighted by molar-refractivity contribution is -0.180. The number of sulfonamides is 1. The molecule has 2 heterocycles. The second kappa shape index (κ2) is 13.6. The highest BCUT2D eigenvalue weighted by Crippen LogP contribution is 2.35. The highest BCUT2D eigenvalue weighted by atomic mass is 32.2. The van der Waals surface area contributed by atoms with Gasteiger partial charge in [0.15, 0.2) is 0 Å². The largest absolute Gasteiger partial charge is 0.495 e. The summed E-state index contributed by atoms with van der Waals surface area (Å²) in [6.07, 6.45) is 3.77. The predicted octanol–water partition coefficient (Wildman–Crippen LogP) is 4.50. The van der Waals surface area contributed by atoms with Gasteiger partial charge < -0.3 is 28.6 Å². The summed E-state index contributed by atoms with van der Waals surface area (Å²) in [6.45, 7) is 6.55. The van der Waals surface area contributed by atoms with Gasteiger partial charge in [-0.25, -0.2) is 18.4 Å². The lowest BCUT2D eigenvalue weighted by Gasteiger charge is -2.32. The van der Waals surface area contributed by atoms with Gasteiger partial charge in [0.05, 0.1) is 26.9 Å². The van der Waals surface area contributed by atoms with Crippen molar-refractivity contribution in [3.05, 3.63) is 53.1 Å². The number of cyclic esters (lactones) is 1. The number of ether oxygens (including phenoxy) is 5. The fraction of sp³-hybridized carbons (Fsp3) is 0.500. The summed E-state index contributed by atoms with van der Waals surface area (Å²) < 4.78 is 51.3. The van der Waals surface area contributed by atoms with Crippen molar-refractivity contribution in [1.29, 1.82) is 0 Å². The monoisotopic (exact) mass is 586 g/mol. The molecule has 0 bridgehead atoms. The average molecular weight is 587 g/mol. The third-order valence-electron chi connectivity index (χ3n) is 6.82. The first-order chi connectivity index (χ1) is 19.6. The summed E-state index contributed by atoms with van der Waals surface area (Å²) in [5.74, 6) is 6.26. The van der Waals surface area contributed by atoms with Gasteiger partial charge in [0.1, 0.15) is 22.5 Å². The van der Waals surface area contributed by atoms with Gasteiger partial charge in [-0.3, -0.25) is 0 Å². The molecule has 2 aliphatic heterocycles. The van der Waals surface area contributed by atoms with E-state index in [4.69, 9.17) is 28.8 Å². The Hall–Kier alpha value is -3.30. The number of hydrogen-bond acceptors (Lipinski definition) is 8. The van der Waals surface area contributed by atoms with E-state index in [0.717, 1.165) is 42.6 Å². The highest BCUT2D eigenvalue weighted by Gasteiger charge is 2.33. The van der Waals surface area contributed by atoms with Crippen molar-refractivity contribution in [2.75, 3.05) is 33.4 Å². The molecular weight excluding hydrogens is 548 g/mol. The van der Waals surface area contributed by atoms with E-state index in [9.17, 15) is 13.2 Å². The van der Waals surface area contributed by atoms with Crippen molar-refractivity contribution in [3.8, 4) is 23.3 Å². The van der Waals surface area contributed by atoms with E-state index in [0.29, 0.717) is 44.9 Å². The molecule has 2 aromatic rings. The van der Waals surface area contributed by atoms with E-state index in [-0.39, 0.29) is 22.8 Å². The van der Waals surface area contributed by atoms with Crippen LogP contribution in [0.5, 0.6) is 11.5 Å². The Morgan fingerprint density at radius 2 is 1.90 bits per heavy atom. The zero-order valence-electron chi connectivity index (χ0n) is 23.8. The Balaban J connectivity index is 1.08. The van der Waals surface area contributed by atoms with E-state index < -0.39 is 15.8 Å². The summed E-state index contributed by atoms with van der Waals surface area (Å²) in [4.78, 5) is 14.1. The van der Waals surface area contributed by atoms with Crippen LogP contribution in [-0.2, 0) is 30.8 Å². The fourth-order valence-corrected chi connectivity index (χ4v) is 5.37. The van der Waals surface area contributed by atoms with Gasteiger partial charge in [0, 0.05) is 44.5 Å². The normalized spacial score (nSPS) is 17.7. The maximum atomic E-state index is 12.4. The van der Waals surface area contributed by atoms with Crippen LogP contribution in [0.4, 0.5) is 4.79 Å². The van der Waals surface area contributed by atoms with Gasteiger partial charge in [-0.05, 0) is 48.7 Å². The quantitative estimate of drug-likeness (QED) is 0.285. The van der Waals surface area contributed by atoms with Crippen molar-refractivity contribution in [3.63, 3.8) is 0 Å². The standard InChI is InChI=1S/C30H38N2O8S/c1-30(2)38-21-24-19-23(12-14-25(24)40-30)27-20-32(29(33)39-27)15-7-4-5-8-16-37-17-9-6-10-22-11-13-26(36-3)28(18-22)41(31,34)35/h11-14,18-19,27H,4-5,7-9,15-17,20-21H2,1-3H3,(H2,31,34,35). The Labute approximate surface area is 242 Å². The number of hydrogen-bond donors (Lipinski definition) is 1. The molecule has 10 nitrogen and oxygen atoms in total. The van der Waals surface area contributed by atoms with Crippen LogP contribution in [0.15, 0.2) is 41.3 Å². The van der Waals surface area contributed by atoms with Gasteiger partial charge in [-0.1, -0.05) is 30.7 Å². The van der Waals surface area contributed by atoms with Crippen molar-refractivity contribution in [2.24, 2.45) is 5.14 Å². The summed E-state index contributed by atoms with van der Waals surface area (Å²) in [5.41, 5.74) is 2.45. The van der Waals surface area contributed by atoms with Gasteiger partial charge in [-0.15, -0.1) is 0 Å². The minimum Gasteiger partial charge on any atom is -0.495 e. The van der Waals surface area contributed by atoms with Crippen LogP contribution in [0.1, 0.15) is 68.7 Å². The first kappa shape index (κ1) is 30.7. The van der Waals surface area contributed by atoms with E-state index in [2.05, 4.69) is 11.8 Å². The number of fused-ring (bicyclic) bond motifs is 1. The van der Waals surface area contributed by atoms with Crippen LogP contribution >= 0.6 is 0 Å². The number of benzene rings is 2. The number of primary sulfonamides is 1. The Kier molecular flexibility index (Phi) is 10.1. The first-order valence-corrected chi connectivity index (χ1v) is 15.3. The third kappa shape index (κ3) is 8.60. The van der Waals surface area contributed by atoms with E-state index >= 15 is 0 Å². The second-order valence-corrected chi connectivity index (χ2v) is 12.0. The number of methoxy groups -OCH3 is 1. The van der Waals surface area contributed by atoms with Crippen molar-refractivity contribution in [2.45, 2.75) is 69.3 Å². The molecule has 0 aromatic heterocycles. The van der Waals surface area contributed by atoms with E-state index in [1.165, 1.54) is 19.2 Å². The van der Waals surface area contributed by atoms with Crippen molar-refractivity contribution < 1.29 is 36.9 Å². The molecule has 41 heavy (non-hydrogen) atoms. The Morgan fingerprint density at radius 1 is 1.10 bits per heavy atom. The van der Waals surface area contributed by atoms with Gasteiger partial charge in [0.2, 0.25) is 15.8 Å². The summed E-state index contributed by atoms with van der Waals surface area (Å²) in [6, 6.07) is 10.5. The molecular formula is C30H38N2O8S. The molecule has 4 rings (SSSR count). The highest BCUT2D eigenvalue weighted by molar-refractivity contribution is 7.89. The molecule has 1 fully saturated rings. The summed E-state index contributed by atoms with van der Waals surface area (Å²) in [7, 11) is -2.51. The molecule has 2 aromatic carbocycles. The van der Waals surface area contributed by atoms with Crippen LogP contribution in [0, 0.1) is 11.8 Å². The number of nitrogens with two attached hydrogens (primary N) is 1. The maximum absolute atomic E-state index is 12.4. The third-order valence-corrected chi connectivity index (χ3v) is 7.75. The summed E-state index contributed by atoms with van der Waals surface area (Å²) in [5, 5.41) is 5.24. The molecule has 11 heteroatoms. The molecule has 0 aliphatic carbocycles. The van der Waals surface area contributed by atoms with Gasteiger partial charge in [0.25, 0.3) is 0 Å². The minimum atomic E-state index is -3.90. The number of rotatable bonds is 12. The predicted molar refractivity (Wildman–Crippen MR) is 152 cm³/mol. The molecule has 2 aliphatic rings. The second-order valence-electron chi connectivity index (χ2n) is 10.5. The molecule has 0 saturated carbocycles. The van der Waals surface area contributed by atoms with Crippen molar-refractivity contribution >= 4 is 16.1 Å². The zero-order valence-corrected chi connectivity index (χ0v) is 24.6. The smallest absolute Gasteiger partial charge is 0.410 e. The summed E-state index contributed by atoms with van der Waals surface area (Å²) >= 11 is 0. The Bertz CT molecular complexity index is 1400. The lowest BCUT2D eigenvalue weighted by atomic mass is 10.0. The van der Waals surface area contributed by atoms with E-state index in [1.807, 2.05) is 32.0 Å².